The first-order valence-electron chi connectivity index (χ1n) is 5.60. The molecule has 0 aromatic heterocycles. The van der Waals surface area contributed by atoms with Crippen LogP contribution in [0.5, 0.6) is 0 Å². The summed E-state index contributed by atoms with van der Waals surface area (Å²) in [6, 6.07) is 0.573. The van der Waals surface area contributed by atoms with Gasteiger partial charge in [-0.1, -0.05) is 13.8 Å². The van der Waals surface area contributed by atoms with E-state index in [9.17, 15) is 4.79 Å². The summed E-state index contributed by atoms with van der Waals surface area (Å²) < 4.78 is 0. The Morgan fingerprint density at radius 1 is 1.50 bits per heavy atom. The van der Waals surface area contributed by atoms with Crippen LogP contribution in [-0.2, 0) is 4.79 Å². The molecule has 1 heterocycles. The van der Waals surface area contributed by atoms with Gasteiger partial charge in [-0.2, -0.15) is 0 Å². The van der Waals surface area contributed by atoms with Crippen LogP contribution >= 0.6 is 0 Å². The van der Waals surface area contributed by atoms with Gasteiger partial charge in [0.1, 0.15) is 0 Å². The molecule has 2 unspecified atom stereocenters. The molecule has 1 aliphatic rings. The molecule has 0 aliphatic carbocycles. The van der Waals surface area contributed by atoms with Gasteiger partial charge in [-0.05, 0) is 25.7 Å². The van der Waals surface area contributed by atoms with Gasteiger partial charge in [0.25, 0.3) is 0 Å². The Kier molecular flexibility index (Phi) is 4.39. The fraction of sp³-hybridized carbons (Fsp3) is 0.909. The molecular weight excluding hydrogens is 176 g/mol. The highest BCUT2D eigenvalue weighted by atomic mass is 16.1. The first-order chi connectivity index (χ1) is 6.59. The summed E-state index contributed by atoms with van der Waals surface area (Å²) in [5.74, 6) is 0.942. The van der Waals surface area contributed by atoms with E-state index in [2.05, 4.69) is 31.4 Å². The largest absolute Gasteiger partial charge is 0.356 e. The lowest BCUT2D eigenvalue weighted by molar-refractivity contribution is -0.125. The topological polar surface area (TPSA) is 41.1 Å². The van der Waals surface area contributed by atoms with Gasteiger partial charge in [0.15, 0.2) is 0 Å². The minimum absolute atomic E-state index is 0.185. The van der Waals surface area contributed by atoms with Crippen LogP contribution in [0.1, 0.15) is 33.6 Å². The number of hydrogen-bond donors (Lipinski definition) is 2. The molecule has 1 saturated heterocycles. The van der Waals surface area contributed by atoms with Crippen molar-refractivity contribution in [1.82, 2.24) is 10.6 Å². The number of hydrogen-bond acceptors (Lipinski definition) is 2. The van der Waals surface area contributed by atoms with Crippen molar-refractivity contribution in [3.8, 4) is 0 Å². The molecule has 1 fully saturated rings. The van der Waals surface area contributed by atoms with Gasteiger partial charge < -0.3 is 10.6 Å². The lowest BCUT2D eigenvalue weighted by atomic mass is 9.94. The molecule has 0 aromatic carbocycles. The van der Waals surface area contributed by atoms with Crippen LogP contribution < -0.4 is 10.6 Å². The predicted octanol–water partition coefficient (Wildman–Crippen LogP) is 1.15. The molecule has 0 radical (unpaired) electrons. The first kappa shape index (κ1) is 11.5. The zero-order valence-corrected chi connectivity index (χ0v) is 9.47. The molecule has 1 aliphatic heterocycles. The number of piperidine rings is 1. The minimum Gasteiger partial charge on any atom is -0.356 e. The van der Waals surface area contributed by atoms with Gasteiger partial charge in [0.05, 0.1) is 5.92 Å². The Hall–Kier alpha value is -0.570. The summed E-state index contributed by atoms with van der Waals surface area (Å²) in [5.41, 5.74) is 0. The van der Waals surface area contributed by atoms with Crippen molar-refractivity contribution < 1.29 is 4.79 Å². The van der Waals surface area contributed by atoms with Gasteiger partial charge in [-0.15, -0.1) is 0 Å². The normalized spacial score (nSPS) is 27.7. The molecule has 2 N–H and O–H groups in total. The molecule has 0 aromatic rings. The summed E-state index contributed by atoms with van der Waals surface area (Å²) in [6.45, 7) is 8.03. The van der Waals surface area contributed by atoms with Crippen LogP contribution in [0.4, 0.5) is 0 Å². The predicted molar refractivity (Wildman–Crippen MR) is 58.0 cm³/mol. The maximum atomic E-state index is 11.7. The van der Waals surface area contributed by atoms with Crippen LogP contribution in [-0.4, -0.2) is 25.0 Å². The summed E-state index contributed by atoms with van der Waals surface area (Å²) >= 11 is 0. The highest BCUT2D eigenvalue weighted by Gasteiger charge is 2.23. The Morgan fingerprint density at radius 2 is 2.21 bits per heavy atom. The minimum atomic E-state index is 0.185. The third-order valence-corrected chi connectivity index (χ3v) is 2.72. The molecule has 1 amide bonds. The van der Waals surface area contributed by atoms with Gasteiger partial charge >= 0.3 is 0 Å². The zero-order chi connectivity index (χ0) is 10.6. The maximum Gasteiger partial charge on any atom is 0.224 e. The number of nitrogens with one attached hydrogen (secondary N) is 2. The third-order valence-electron chi connectivity index (χ3n) is 2.72. The van der Waals surface area contributed by atoms with E-state index in [1.165, 1.54) is 0 Å². The van der Waals surface area contributed by atoms with Crippen LogP contribution in [0.3, 0.4) is 0 Å². The second-order valence-corrected chi connectivity index (χ2v) is 4.72. The van der Waals surface area contributed by atoms with Gasteiger partial charge in [0, 0.05) is 19.1 Å². The van der Waals surface area contributed by atoms with Gasteiger partial charge in [-0.25, -0.2) is 0 Å². The highest BCUT2D eigenvalue weighted by molar-refractivity contribution is 5.78. The van der Waals surface area contributed by atoms with E-state index in [0.717, 1.165) is 25.9 Å². The molecule has 2 atom stereocenters. The van der Waals surface area contributed by atoms with E-state index < -0.39 is 0 Å². The van der Waals surface area contributed by atoms with E-state index in [4.69, 9.17) is 0 Å². The monoisotopic (exact) mass is 198 g/mol. The summed E-state index contributed by atoms with van der Waals surface area (Å²) in [7, 11) is 0. The van der Waals surface area contributed by atoms with Gasteiger partial charge in [-0.3, -0.25) is 4.79 Å². The van der Waals surface area contributed by atoms with Crippen molar-refractivity contribution in [2.45, 2.75) is 39.7 Å². The fourth-order valence-corrected chi connectivity index (χ4v) is 1.67. The quantitative estimate of drug-likeness (QED) is 0.714. The van der Waals surface area contributed by atoms with Crippen molar-refractivity contribution in [2.75, 3.05) is 13.1 Å². The lowest BCUT2D eigenvalue weighted by Gasteiger charge is -2.27. The average molecular weight is 198 g/mol. The van der Waals surface area contributed by atoms with Crippen molar-refractivity contribution >= 4 is 5.91 Å². The number of carbonyl (C=O) groups is 1. The molecule has 1 rings (SSSR count). The molecule has 0 spiro atoms. The number of rotatable bonds is 3. The molecule has 3 nitrogen and oxygen atoms in total. The Morgan fingerprint density at radius 3 is 2.71 bits per heavy atom. The van der Waals surface area contributed by atoms with Crippen LogP contribution in [0, 0.1) is 11.8 Å². The van der Waals surface area contributed by atoms with Gasteiger partial charge in [0.2, 0.25) is 5.91 Å². The molecule has 0 saturated carbocycles. The van der Waals surface area contributed by atoms with Crippen molar-refractivity contribution in [1.29, 1.82) is 0 Å². The van der Waals surface area contributed by atoms with E-state index >= 15 is 0 Å². The first-order valence-corrected chi connectivity index (χ1v) is 5.60. The molecule has 14 heavy (non-hydrogen) atoms. The maximum absolute atomic E-state index is 11.7. The van der Waals surface area contributed by atoms with Crippen molar-refractivity contribution in [2.24, 2.45) is 11.8 Å². The lowest BCUT2D eigenvalue weighted by Crippen LogP contribution is -2.44. The smallest absolute Gasteiger partial charge is 0.224 e. The number of amides is 1. The Labute approximate surface area is 86.6 Å². The SMILES string of the molecule is CC(C)CNC(=O)C1CCC(C)NC1. The van der Waals surface area contributed by atoms with E-state index in [-0.39, 0.29) is 11.8 Å². The standard InChI is InChI=1S/C11H22N2O/c1-8(2)6-13-11(14)10-5-4-9(3)12-7-10/h8-10,12H,4-7H2,1-3H3,(H,13,14). The van der Waals surface area contributed by atoms with Crippen LogP contribution in [0.2, 0.25) is 0 Å². The van der Waals surface area contributed by atoms with Crippen LogP contribution in [0.25, 0.3) is 0 Å². The van der Waals surface area contributed by atoms with E-state index in [1.54, 1.807) is 0 Å². The molecular formula is C11H22N2O. The Balaban J connectivity index is 2.24. The Bertz CT molecular complexity index is 184. The summed E-state index contributed by atoms with van der Waals surface area (Å²) in [4.78, 5) is 11.7. The van der Waals surface area contributed by atoms with Crippen molar-refractivity contribution in [3.05, 3.63) is 0 Å². The van der Waals surface area contributed by atoms with Crippen LogP contribution in [0.15, 0.2) is 0 Å². The second kappa shape index (κ2) is 5.35. The highest BCUT2D eigenvalue weighted by Crippen LogP contribution is 2.13. The number of carbonyl (C=O) groups excluding carboxylic acids is 1. The second-order valence-electron chi connectivity index (χ2n) is 4.72. The molecule has 82 valence electrons. The average Bonchev–Trinajstić information content (AvgIpc) is 2.15. The fourth-order valence-electron chi connectivity index (χ4n) is 1.67. The third kappa shape index (κ3) is 3.66. The molecule has 0 bridgehead atoms. The van der Waals surface area contributed by atoms with Crippen molar-refractivity contribution in [3.63, 3.8) is 0 Å². The molecule has 3 heteroatoms. The zero-order valence-electron chi connectivity index (χ0n) is 9.47. The van der Waals surface area contributed by atoms with E-state index in [0.29, 0.717) is 12.0 Å². The summed E-state index contributed by atoms with van der Waals surface area (Å²) in [5, 5.41) is 6.33. The van der Waals surface area contributed by atoms with E-state index in [1.807, 2.05) is 0 Å². The summed E-state index contributed by atoms with van der Waals surface area (Å²) in [6.07, 6.45) is 2.14.